The Kier molecular flexibility index (Phi) is 5.46. The van der Waals surface area contributed by atoms with E-state index in [2.05, 4.69) is 27.7 Å². The zero-order valence-electron chi connectivity index (χ0n) is 14.1. The van der Waals surface area contributed by atoms with Gasteiger partial charge in [-0.2, -0.15) is 13.2 Å². The van der Waals surface area contributed by atoms with Gasteiger partial charge in [-0.25, -0.2) is 4.79 Å². The largest absolute Gasteiger partial charge is 0.416 e. The van der Waals surface area contributed by atoms with Crippen molar-refractivity contribution in [3.8, 4) is 0 Å². The first kappa shape index (κ1) is 18.3. The molecule has 2 aromatic carbocycles. The molecular formula is C19H20F3N3O. The van der Waals surface area contributed by atoms with Crippen molar-refractivity contribution in [1.29, 1.82) is 0 Å². The lowest BCUT2D eigenvalue weighted by molar-refractivity contribution is -0.137. The molecule has 4 nitrogen and oxygen atoms in total. The fraction of sp³-hybridized carbons (Fsp3) is 0.316. The first-order valence-electron chi connectivity index (χ1n) is 8.41. The number of hydrogen-bond acceptors (Lipinski definition) is 2. The minimum Gasteiger partial charge on any atom is -0.334 e. The van der Waals surface area contributed by atoms with E-state index in [0.717, 1.165) is 31.6 Å². The number of carbonyl (C=O) groups excluding carboxylic acids is 1. The van der Waals surface area contributed by atoms with E-state index in [9.17, 15) is 18.0 Å². The zero-order chi connectivity index (χ0) is 18.6. The van der Waals surface area contributed by atoms with E-state index >= 15 is 0 Å². The molecule has 2 amide bonds. The van der Waals surface area contributed by atoms with Crippen molar-refractivity contribution in [3.05, 3.63) is 65.7 Å². The van der Waals surface area contributed by atoms with Crippen molar-refractivity contribution in [1.82, 2.24) is 10.2 Å². The van der Waals surface area contributed by atoms with E-state index in [-0.39, 0.29) is 11.7 Å². The summed E-state index contributed by atoms with van der Waals surface area (Å²) < 4.78 is 38.2. The van der Waals surface area contributed by atoms with E-state index < -0.39 is 17.8 Å². The van der Waals surface area contributed by atoms with Crippen LogP contribution in [0.5, 0.6) is 0 Å². The number of nitrogens with one attached hydrogen (secondary N) is 2. The Hall–Kier alpha value is -2.54. The average Bonchev–Trinajstić information content (AvgIpc) is 3.02. The van der Waals surface area contributed by atoms with Gasteiger partial charge in [0.05, 0.1) is 5.56 Å². The normalized spacial score (nSPS) is 17.9. The average molecular weight is 363 g/mol. The molecule has 1 atom stereocenters. The van der Waals surface area contributed by atoms with Crippen molar-refractivity contribution >= 4 is 11.7 Å². The lowest BCUT2D eigenvalue weighted by Crippen LogP contribution is -2.39. The van der Waals surface area contributed by atoms with Crippen LogP contribution in [-0.2, 0) is 12.7 Å². The summed E-state index contributed by atoms with van der Waals surface area (Å²) in [6, 6.07) is 14.2. The SMILES string of the molecule is O=C(Nc1cccc(C(F)(F)F)c1)NC1CCN(Cc2ccccc2)C1. The summed E-state index contributed by atoms with van der Waals surface area (Å²) in [5, 5.41) is 5.31. The zero-order valence-corrected chi connectivity index (χ0v) is 14.1. The van der Waals surface area contributed by atoms with Gasteiger partial charge in [0.1, 0.15) is 0 Å². The Balaban J connectivity index is 1.50. The fourth-order valence-electron chi connectivity index (χ4n) is 3.06. The Morgan fingerprint density at radius 1 is 1.12 bits per heavy atom. The monoisotopic (exact) mass is 363 g/mol. The number of nitrogens with zero attached hydrogens (tertiary/aromatic N) is 1. The molecule has 138 valence electrons. The first-order chi connectivity index (χ1) is 12.4. The third kappa shape index (κ3) is 4.98. The van der Waals surface area contributed by atoms with E-state index in [4.69, 9.17) is 0 Å². The Morgan fingerprint density at radius 2 is 1.88 bits per heavy atom. The molecule has 2 N–H and O–H groups in total. The highest BCUT2D eigenvalue weighted by Crippen LogP contribution is 2.30. The number of rotatable bonds is 4. The number of anilines is 1. The second-order valence-corrected chi connectivity index (χ2v) is 6.38. The summed E-state index contributed by atoms with van der Waals surface area (Å²) in [4.78, 5) is 14.3. The van der Waals surface area contributed by atoms with Gasteiger partial charge in [-0.15, -0.1) is 0 Å². The number of halogens is 3. The first-order valence-corrected chi connectivity index (χ1v) is 8.41. The van der Waals surface area contributed by atoms with E-state index in [1.165, 1.54) is 17.7 Å². The number of amides is 2. The van der Waals surface area contributed by atoms with Crippen molar-refractivity contribution < 1.29 is 18.0 Å². The smallest absolute Gasteiger partial charge is 0.334 e. The number of hydrogen-bond donors (Lipinski definition) is 2. The molecule has 1 unspecified atom stereocenters. The van der Waals surface area contributed by atoms with Gasteiger partial charge >= 0.3 is 12.2 Å². The highest BCUT2D eigenvalue weighted by Gasteiger charge is 2.30. The number of alkyl halides is 3. The molecule has 0 aliphatic carbocycles. The lowest BCUT2D eigenvalue weighted by Gasteiger charge is -2.17. The summed E-state index contributed by atoms with van der Waals surface area (Å²) in [5.74, 6) is 0. The Bertz CT molecular complexity index is 749. The molecule has 3 rings (SSSR count). The molecule has 7 heteroatoms. The highest BCUT2D eigenvalue weighted by atomic mass is 19.4. The van der Waals surface area contributed by atoms with Crippen LogP contribution in [0.1, 0.15) is 17.5 Å². The van der Waals surface area contributed by atoms with Gasteiger partial charge in [0.2, 0.25) is 0 Å². The van der Waals surface area contributed by atoms with Gasteiger partial charge in [-0.3, -0.25) is 4.90 Å². The van der Waals surface area contributed by atoms with E-state index in [1.54, 1.807) is 0 Å². The molecule has 0 bridgehead atoms. The predicted molar refractivity (Wildman–Crippen MR) is 93.7 cm³/mol. The second-order valence-electron chi connectivity index (χ2n) is 6.38. The molecular weight excluding hydrogens is 343 g/mol. The van der Waals surface area contributed by atoms with Crippen LogP contribution in [0.2, 0.25) is 0 Å². The summed E-state index contributed by atoms with van der Waals surface area (Å²) in [7, 11) is 0. The number of urea groups is 1. The second kappa shape index (κ2) is 7.78. The maximum Gasteiger partial charge on any atom is 0.416 e. The molecule has 0 saturated carbocycles. The summed E-state index contributed by atoms with van der Waals surface area (Å²) in [5.41, 5.74) is 0.545. The van der Waals surface area contributed by atoms with Crippen molar-refractivity contribution in [2.24, 2.45) is 0 Å². The maximum absolute atomic E-state index is 12.7. The van der Waals surface area contributed by atoms with Gasteiger partial charge in [0.25, 0.3) is 0 Å². The van der Waals surface area contributed by atoms with Crippen LogP contribution < -0.4 is 10.6 Å². The minimum atomic E-state index is -4.43. The standard InChI is InChI=1S/C19H20F3N3O/c20-19(21,22)15-7-4-8-16(11-15)23-18(26)24-17-9-10-25(13-17)12-14-5-2-1-3-6-14/h1-8,11,17H,9-10,12-13H2,(H2,23,24,26). The van der Waals surface area contributed by atoms with E-state index in [1.807, 2.05) is 18.2 Å². The van der Waals surface area contributed by atoms with Crippen LogP contribution in [0.25, 0.3) is 0 Å². The Labute approximate surface area is 150 Å². The maximum atomic E-state index is 12.7. The lowest BCUT2D eigenvalue weighted by atomic mass is 10.2. The molecule has 1 saturated heterocycles. The van der Waals surface area contributed by atoms with Crippen LogP contribution in [-0.4, -0.2) is 30.1 Å². The summed E-state index contributed by atoms with van der Waals surface area (Å²) >= 11 is 0. The molecule has 1 aliphatic heterocycles. The van der Waals surface area contributed by atoms with Crippen LogP contribution in [0.3, 0.4) is 0 Å². The van der Waals surface area contributed by atoms with Crippen molar-refractivity contribution in [2.45, 2.75) is 25.2 Å². The molecule has 0 aromatic heterocycles. The van der Waals surface area contributed by atoms with Gasteiger partial charge in [0, 0.05) is 31.4 Å². The molecule has 26 heavy (non-hydrogen) atoms. The Morgan fingerprint density at radius 3 is 2.62 bits per heavy atom. The summed E-state index contributed by atoms with van der Waals surface area (Å²) in [6.07, 6.45) is -3.62. The molecule has 1 fully saturated rings. The predicted octanol–water partition coefficient (Wildman–Crippen LogP) is 4.10. The number of likely N-dealkylation sites (tertiary alicyclic amines) is 1. The number of benzene rings is 2. The molecule has 1 aliphatic rings. The number of carbonyl (C=O) groups is 1. The molecule has 2 aromatic rings. The highest BCUT2D eigenvalue weighted by molar-refractivity contribution is 5.89. The van der Waals surface area contributed by atoms with Crippen LogP contribution in [0, 0.1) is 0 Å². The third-order valence-electron chi connectivity index (χ3n) is 4.30. The van der Waals surface area contributed by atoms with Gasteiger partial charge in [-0.05, 0) is 30.2 Å². The van der Waals surface area contributed by atoms with Crippen LogP contribution >= 0.6 is 0 Å². The topological polar surface area (TPSA) is 44.4 Å². The molecule has 0 radical (unpaired) electrons. The molecule has 0 spiro atoms. The van der Waals surface area contributed by atoms with Crippen LogP contribution in [0.4, 0.5) is 23.7 Å². The van der Waals surface area contributed by atoms with Gasteiger partial charge < -0.3 is 10.6 Å². The molecule has 1 heterocycles. The van der Waals surface area contributed by atoms with Crippen LogP contribution in [0.15, 0.2) is 54.6 Å². The van der Waals surface area contributed by atoms with Crippen molar-refractivity contribution in [2.75, 3.05) is 18.4 Å². The third-order valence-corrected chi connectivity index (χ3v) is 4.30. The van der Waals surface area contributed by atoms with Gasteiger partial charge in [-0.1, -0.05) is 36.4 Å². The van der Waals surface area contributed by atoms with Crippen molar-refractivity contribution in [3.63, 3.8) is 0 Å². The van der Waals surface area contributed by atoms with E-state index in [0.29, 0.717) is 6.54 Å². The minimum absolute atomic E-state index is 0.0236. The quantitative estimate of drug-likeness (QED) is 0.859. The summed E-state index contributed by atoms with van der Waals surface area (Å²) in [6.45, 7) is 2.39. The fourth-order valence-corrected chi connectivity index (χ4v) is 3.06. The van der Waals surface area contributed by atoms with Gasteiger partial charge in [0.15, 0.2) is 0 Å².